The first-order valence-corrected chi connectivity index (χ1v) is 14.4. The molecule has 252 valence electrons. The smallest absolute Gasteiger partial charge is 0.411 e. The molecule has 0 fully saturated rings. The molecule has 0 spiro atoms. The number of halogens is 6. The predicted molar refractivity (Wildman–Crippen MR) is 157 cm³/mol. The molecule has 4 aromatic carbocycles. The first-order chi connectivity index (χ1) is 22.8. The molecule has 0 bridgehead atoms. The number of alkyl halides is 6. The highest BCUT2D eigenvalue weighted by Gasteiger charge is 2.72. The van der Waals surface area contributed by atoms with Gasteiger partial charge in [0, 0.05) is 0 Å². The van der Waals surface area contributed by atoms with Gasteiger partial charge < -0.3 is 18.9 Å². The van der Waals surface area contributed by atoms with Crippen molar-refractivity contribution in [2.45, 2.75) is 45.5 Å². The van der Waals surface area contributed by atoms with Crippen LogP contribution in [-0.2, 0) is 14.9 Å². The number of aryl methyl sites for hydroxylation is 4. The summed E-state index contributed by atoms with van der Waals surface area (Å²) >= 11 is 0. The van der Waals surface area contributed by atoms with Gasteiger partial charge in [0.1, 0.15) is 23.0 Å². The van der Waals surface area contributed by atoms with Gasteiger partial charge in [0.15, 0.2) is 0 Å². The normalized spacial score (nSPS) is 14.4. The Bertz CT molecular complexity index is 1930. The van der Waals surface area contributed by atoms with Crippen LogP contribution in [-0.4, -0.2) is 36.2 Å². The molecule has 4 aromatic rings. The summed E-state index contributed by atoms with van der Waals surface area (Å²) in [5, 5.41) is 0. The van der Waals surface area contributed by atoms with Gasteiger partial charge >= 0.3 is 36.2 Å². The summed E-state index contributed by atoms with van der Waals surface area (Å²) in [5.74, 6) is -3.71. The number of cyclic esters (lactones) is 4. The van der Waals surface area contributed by atoms with Crippen LogP contribution in [0.15, 0.2) is 60.7 Å². The standard InChI is InChI=1S/C35H22F6O8/c1-15-9-19(10-16(2)27(15)46-21-5-7-23-25(13-21)31(44)48-29(23)42)33(34(36,37)38,35(39,40)41)20-11-17(3)28(18(4)12-20)47-22-6-8-24-26(14-22)32(45)49-30(24)43/h5-14H,1-4H3. The van der Waals surface area contributed by atoms with E-state index in [-0.39, 0.29) is 67.5 Å². The monoisotopic (exact) mass is 684 g/mol. The van der Waals surface area contributed by atoms with Crippen LogP contribution in [0.2, 0.25) is 0 Å². The maximum atomic E-state index is 15.1. The van der Waals surface area contributed by atoms with Crippen LogP contribution >= 0.6 is 0 Å². The minimum atomic E-state index is -5.90. The summed E-state index contributed by atoms with van der Waals surface area (Å²) in [7, 11) is 0. The van der Waals surface area contributed by atoms with E-state index in [1.807, 2.05) is 0 Å². The molecule has 2 aliphatic rings. The van der Waals surface area contributed by atoms with E-state index < -0.39 is 52.8 Å². The minimum Gasteiger partial charge on any atom is -0.457 e. The molecule has 0 N–H and O–H groups in total. The molecule has 0 radical (unpaired) electrons. The molecule has 2 heterocycles. The average Bonchev–Trinajstić information content (AvgIpc) is 3.43. The lowest BCUT2D eigenvalue weighted by Crippen LogP contribution is -2.55. The lowest BCUT2D eigenvalue weighted by atomic mass is 9.71. The van der Waals surface area contributed by atoms with Crippen molar-refractivity contribution < 1.29 is 64.5 Å². The third-order valence-electron chi connectivity index (χ3n) is 8.31. The average molecular weight is 685 g/mol. The molecule has 0 atom stereocenters. The molecule has 0 amide bonds. The van der Waals surface area contributed by atoms with Gasteiger partial charge in [-0.1, -0.05) is 24.3 Å². The van der Waals surface area contributed by atoms with Crippen molar-refractivity contribution in [1.82, 2.24) is 0 Å². The third kappa shape index (κ3) is 5.27. The van der Waals surface area contributed by atoms with E-state index in [1.54, 1.807) is 0 Å². The van der Waals surface area contributed by atoms with Crippen molar-refractivity contribution in [2.24, 2.45) is 0 Å². The van der Waals surface area contributed by atoms with Crippen LogP contribution in [0.25, 0.3) is 0 Å². The molecule has 0 aromatic heterocycles. The molecule has 0 unspecified atom stereocenters. The van der Waals surface area contributed by atoms with Gasteiger partial charge in [-0.05, 0) is 97.5 Å². The Morgan fingerprint density at radius 3 is 1.08 bits per heavy atom. The van der Waals surface area contributed by atoms with Crippen LogP contribution in [0.5, 0.6) is 23.0 Å². The van der Waals surface area contributed by atoms with E-state index in [4.69, 9.17) is 9.47 Å². The fraction of sp³-hybridized carbons (Fsp3) is 0.200. The van der Waals surface area contributed by atoms with Gasteiger partial charge in [0.05, 0.1) is 22.3 Å². The summed E-state index contributed by atoms with van der Waals surface area (Å²) in [5.41, 5.74) is -7.28. The number of esters is 4. The van der Waals surface area contributed by atoms with Crippen LogP contribution in [0.4, 0.5) is 26.3 Å². The number of carbonyl (C=O) groups is 4. The summed E-state index contributed by atoms with van der Waals surface area (Å²) in [6.07, 6.45) is -11.8. The fourth-order valence-electron chi connectivity index (χ4n) is 6.13. The first-order valence-electron chi connectivity index (χ1n) is 14.4. The molecule has 0 aliphatic carbocycles. The molecule has 14 heteroatoms. The number of fused-ring (bicyclic) bond motifs is 2. The topological polar surface area (TPSA) is 105 Å². The van der Waals surface area contributed by atoms with Gasteiger partial charge in [0.25, 0.3) is 0 Å². The predicted octanol–water partition coefficient (Wildman–Crippen LogP) is 8.54. The number of benzene rings is 4. The van der Waals surface area contributed by atoms with Crippen molar-refractivity contribution >= 4 is 23.9 Å². The lowest BCUT2D eigenvalue weighted by molar-refractivity contribution is -0.288. The first kappa shape index (κ1) is 33.2. The number of rotatable bonds is 6. The van der Waals surface area contributed by atoms with E-state index in [0.29, 0.717) is 0 Å². The molecular formula is C35H22F6O8. The van der Waals surface area contributed by atoms with Gasteiger partial charge in [0.2, 0.25) is 5.41 Å². The van der Waals surface area contributed by atoms with E-state index >= 15 is 26.3 Å². The fourth-order valence-corrected chi connectivity index (χ4v) is 6.13. The van der Waals surface area contributed by atoms with Gasteiger partial charge in [-0.15, -0.1) is 0 Å². The molecule has 49 heavy (non-hydrogen) atoms. The maximum absolute atomic E-state index is 15.1. The molecule has 8 nitrogen and oxygen atoms in total. The molecule has 6 rings (SSSR count). The second-order valence-corrected chi connectivity index (χ2v) is 11.6. The zero-order valence-electron chi connectivity index (χ0n) is 25.8. The Labute approximate surface area is 273 Å². The van der Waals surface area contributed by atoms with Crippen molar-refractivity contribution in [3.8, 4) is 23.0 Å². The largest absolute Gasteiger partial charge is 0.457 e. The number of hydrogen-bond acceptors (Lipinski definition) is 8. The number of ether oxygens (including phenoxy) is 4. The van der Waals surface area contributed by atoms with Crippen LogP contribution in [0.1, 0.15) is 74.8 Å². The molecule has 0 saturated heterocycles. The van der Waals surface area contributed by atoms with Gasteiger partial charge in [-0.25, -0.2) is 19.2 Å². The summed E-state index contributed by atoms with van der Waals surface area (Å²) in [6, 6.07) is 10.5. The Hall–Kier alpha value is -5.66. The Morgan fingerprint density at radius 1 is 0.469 bits per heavy atom. The Morgan fingerprint density at radius 2 is 0.776 bits per heavy atom. The quantitative estimate of drug-likeness (QED) is 0.113. The zero-order chi connectivity index (χ0) is 35.8. The minimum absolute atomic E-state index is 0.00374. The molecular weight excluding hydrogens is 662 g/mol. The molecule has 0 saturated carbocycles. The van der Waals surface area contributed by atoms with Crippen molar-refractivity contribution in [3.63, 3.8) is 0 Å². The highest BCUT2D eigenvalue weighted by atomic mass is 19.4. The van der Waals surface area contributed by atoms with Gasteiger partial charge in [-0.2, -0.15) is 26.3 Å². The summed E-state index contributed by atoms with van der Waals surface area (Å²) in [4.78, 5) is 47.5. The van der Waals surface area contributed by atoms with Crippen molar-refractivity contribution in [2.75, 3.05) is 0 Å². The second-order valence-electron chi connectivity index (χ2n) is 11.6. The summed E-state index contributed by atoms with van der Waals surface area (Å²) < 4.78 is 111. The van der Waals surface area contributed by atoms with Crippen molar-refractivity contribution in [3.05, 3.63) is 116 Å². The van der Waals surface area contributed by atoms with Crippen LogP contribution in [0, 0.1) is 27.7 Å². The SMILES string of the molecule is Cc1cc(C(c2cc(C)c(Oc3ccc4c(c3)C(=O)OC4=O)c(C)c2)(C(F)(F)F)C(F)(F)F)cc(C)c1Oc1ccc2c(c1)C(=O)OC2=O. The lowest BCUT2D eigenvalue weighted by Gasteiger charge is -2.39. The van der Waals surface area contributed by atoms with Crippen LogP contribution < -0.4 is 9.47 Å². The number of carbonyl (C=O) groups excluding carboxylic acids is 4. The van der Waals surface area contributed by atoms with Crippen molar-refractivity contribution in [1.29, 1.82) is 0 Å². The Balaban J connectivity index is 1.43. The van der Waals surface area contributed by atoms with E-state index in [9.17, 15) is 19.2 Å². The zero-order valence-corrected chi connectivity index (χ0v) is 25.8. The third-order valence-corrected chi connectivity index (χ3v) is 8.31. The van der Waals surface area contributed by atoms with Crippen LogP contribution in [0.3, 0.4) is 0 Å². The van der Waals surface area contributed by atoms with E-state index in [2.05, 4.69) is 9.47 Å². The highest BCUT2D eigenvalue weighted by Crippen LogP contribution is 2.57. The van der Waals surface area contributed by atoms with Gasteiger partial charge in [-0.3, -0.25) is 0 Å². The maximum Gasteiger partial charge on any atom is 0.411 e. The second kappa shape index (κ2) is 11.2. The summed E-state index contributed by atoms with van der Waals surface area (Å²) in [6.45, 7) is 5.12. The Kier molecular flexibility index (Phi) is 7.61. The van der Waals surface area contributed by atoms with E-state index in [0.717, 1.165) is 24.3 Å². The highest BCUT2D eigenvalue weighted by molar-refractivity contribution is 6.15. The number of hydrogen-bond donors (Lipinski definition) is 0. The molecule has 2 aliphatic heterocycles. The van der Waals surface area contributed by atoms with E-state index in [1.165, 1.54) is 64.1 Å².